The summed E-state index contributed by atoms with van der Waals surface area (Å²) < 4.78 is 14.7. The van der Waals surface area contributed by atoms with Crippen LogP contribution in [0.25, 0.3) is 0 Å². The number of hydrogen-bond acceptors (Lipinski definition) is 5. The minimum Gasteiger partial charge on any atom is -0.394 e. The van der Waals surface area contributed by atoms with Crippen molar-refractivity contribution in [3.63, 3.8) is 0 Å². The summed E-state index contributed by atoms with van der Waals surface area (Å²) in [5.41, 5.74) is 1.95. The monoisotopic (exact) mass is 268 g/mol. The van der Waals surface area contributed by atoms with Gasteiger partial charge >= 0.3 is 0 Å². The Morgan fingerprint density at radius 2 is 2.28 bits per heavy atom. The highest BCUT2D eigenvalue weighted by Crippen LogP contribution is 2.22. The number of halogens is 1. The van der Waals surface area contributed by atoms with E-state index in [1.807, 2.05) is 6.92 Å². The molecule has 0 radical (unpaired) electrons. The van der Waals surface area contributed by atoms with Crippen LogP contribution >= 0.6 is 11.8 Å². The van der Waals surface area contributed by atoms with Gasteiger partial charge in [0.05, 0.1) is 13.2 Å². The average Bonchev–Trinajstić information content (AvgIpc) is 2.78. The third kappa shape index (κ3) is 3.05. The van der Waals surface area contributed by atoms with E-state index in [1.54, 1.807) is 6.07 Å². The van der Waals surface area contributed by atoms with Gasteiger partial charge < -0.3 is 5.11 Å². The van der Waals surface area contributed by atoms with Crippen LogP contribution in [0, 0.1) is 12.7 Å². The van der Waals surface area contributed by atoms with Gasteiger partial charge in [0.25, 0.3) is 0 Å². The largest absolute Gasteiger partial charge is 0.394 e. The molecule has 0 fully saturated rings. The highest BCUT2D eigenvalue weighted by Gasteiger charge is 2.08. The van der Waals surface area contributed by atoms with Gasteiger partial charge in [-0.05, 0) is 40.6 Å². The van der Waals surface area contributed by atoms with E-state index in [1.165, 1.54) is 28.6 Å². The number of aliphatic hydroxyl groups excluding tert-OH is 1. The summed E-state index contributed by atoms with van der Waals surface area (Å²) >= 11 is 1.42. The zero-order valence-electron chi connectivity index (χ0n) is 9.88. The zero-order chi connectivity index (χ0) is 13.0. The first-order valence-electron chi connectivity index (χ1n) is 5.45. The third-order valence-electron chi connectivity index (χ3n) is 2.48. The Labute approximate surface area is 108 Å². The summed E-state index contributed by atoms with van der Waals surface area (Å²) in [7, 11) is 0. The molecule has 2 aromatic rings. The van der Waals surface area contributed by atoms with Gasteiger partial charge in [-0.2, -0.15) is 0 Å². The number of thioether (sulfide) groups is 1. The molecule has 1 aromatic carbocycles. The lowest BCUT2D eigenvalue weighted by atomic mass is 10.1. The fraction of sp³-hybridized carbons (Fsp3) is 0.364. The van der Waals surface area contributed by atoms with Gasteiger partial charge in [0.2, 0.25) is 5.16 Å². The fourth-order valence-corrected chi connectivity index (χ4v) is 2.44. The van der Waals surface area contributed by atoms with E-state index in [0.29, 0.717) is 17.5 Å². The molecular weight excluding hydrogens is 255 g/mol. The van der Waals surface area contributed by atoms with Crippen LogP contribution in [0.4, 0.5) is 4.39 Å². The first-order valence-corrected chi connectivity index (χ1v) is 6.44. The van der Waals surface area contributed by atoms with Gasteiger partial charge in [-0.25, -0.2) is 9.07 Å². The van der Waals surface area contributed by atoms with Crippen molar-refractivity contribution < 1.29 is 9.50 Å². The summed E-state index contributed by atoms with van der Waals surface area (Å²) in [5, 5.41) is 20.6. The Kier molecular flexibility index (Phi) is 4.27. The molecule has 7 heteroatoms. The summed E-state index contributed by atoms with van der Waals surface area (Å²) in [6.07, 6.45) is 0. The van der Waals surface area contributed by atoms with E-state index in [0.717, 1.165) is 11.1 Å². The predicted octanol–water partition coefficient (Wildman–Crippen LogP) is 1.41. The maximum absolute atomic E-state index is 13.1. The fourth-order valence-electron chi connectivity index (χ4n) is 1.47. The van der Waals surface area contributed by atoms with Crippen LogP contribution in [0.15, 0.2) is 23.4 Å². The van der Waals surface area contributed by atoms with Crippen LogP contribution in [0.3, 0.4) is 0 Å². The van der Waals surface area contributed by atoms with Crippen LogP contribution in [-0.2, 0) is 12.3 Å². The number of tetrazole rings is 1. The van der Waals surface area contributed by atoms with Crippen molar-refractivity contribution in [2.24, 2.45) is 0 Å². The normalized spacial score (nSPS) is 10.8. The van der Waals surface area contributed by atoms with E-state index >= 15 is 0 Å². The van der Waals surface area contributed by atoms with Gasteiger partial charge in [0.1, 0.15) is 5.82 Å². The lowest BCUT2D eigenvalue weighted by molar-refractivity contribution is 0.262. The smallest absolute Gasteiger partial charge is 0.209 e. The van der Waals surface area contributed by atoms with Gasteiger partial charge in [-0.3, -0.25) is 0 Å². The van der Waals surface area contributed by atoms with E-state index in [-0.39, 0.29) is 12.4 Å². The Bertz CT molecular complexity index is 532. The number of hydrogen-bond donors (Lipinski definition) is 1. The highest BCUT2D eigenvalue weighted by molar-refractivity contribution is 7.98. The zero-order valence-corrected chi connectivity index (χ0v) is 10.7. The predicted molar refractivity (Wildman–Crippen MR) is 65.6 cm³/mol. The van der Waals surface area contributed by atoms with Crippen molar-refractivity contribution in [3.8, 4) is 0 Å². The molecule has 1 N–H and O–H groups in total. The van der Waals surface area contributed by atoms with Crippen LogP contribution < -0.4 is 0 Å². The number of rotatable bonds is 5. The molecule has 0 unspecified atom stereocenters. The molecule has 0 saturated heterocycles. The molecule has 18 heavy (non-hydrogen) atoms. The van der Waals surface area contributed by atoms with Crippen molar-refractivity contribution in [2.45, 2.75) is 24.4 Å². The van der Waals surface area contributed by atoms with Crippen molar-refractivity contribution in [1.29, 1.82) is 0 Å². The highest BCUT2D eigenvalue weighted by atomic mass is 32.2. The molecule has 2 rings (SSSR count). The molecule has 0 saturated carbocycles. The van der Waals surface area contributed by atoms with Gasteiger partial charge in [0, 0.05) is 5.75 Å². The minimum absolute atomic E-state index is 0.0163. The second-order valence-electron chi connectivity index (χ2n) is 3.77. The van der Waals surface area contributed by atoms with Crippen molar-refractivity contribution in [1.82, 2.24) is 20.2 Å². The molecule has 1 aromatic heterocycles. The molecule has 0 aliphatic carbocycles. The van der Waals surface area contributed by atoms with E-state index in [4.69, 9.17) is 5.11 Å². The summed E-state index contributed by atoms with van der Waals surface area (Å²) in [5.74, 6) is 0.348. The molecule has 0 amide bonds. The second kappa shape index (κ2) is 5.92. The Hall–Kier alpha value is -1.47. The molecule has 0 aliphatic rings. The molecule has 5 nitrogen and oxygen atoms in total. The average molecular weight is 268 g/mol. The molecule has 0 aliphatic heterocycles. The Morgan fingerprint density at radius 1 is 1.44 bits per heavy atom. The molecule has 0 spiro atoms. The van der Waals surface area contributed by atoms with Crippen LogP contribution in [0.5, 0.6) is 0 Å². The third-order valence-corrected chi connectivity index (χ3v) is 3.48. The SMILES string of the molecule is Cc1ccc(F)cc1CSc1nnnn1CCO. The summed E-state index contributed by atoms with van der Waals surface area (Å²) in [6.45, 7) is 2.28. The van der Waals surface area contributed by atoms with Crippen LogP contribution in [0.1, 0.15) is 11.1 Å². The Morgan fingerprint density at radius 3 is 3.06 bits per heavy atom. The van der Waals surface area contributed by atoms with Crippen molar-refractivity contribution in [3.05, 3.63) is 35.1 Å². The first-order chi connectivity index (χ1) is 8.70. The maximum Gasteiger partial charge on any atom is 0.209 e. The van der Waals surface area contributed by atoms with E-state index in [9.17, 15) is 4.39 Å². The second-order valence-corrected chi connectivity index (χ2v) is 4.71. The summed E-state index contributed by atoms with van der Waals surface area (Å²) in [4.78, 5) is 0. The number of aryl methyl sites for hydroxylation is 1. The van der Waals surface area contributed by atoms with Gasteiger partial charge in [-0.15, -0.1) is 5.10 Å². The minimum atomic E-state index is -0.244. The van der Waals surface area contributed by atoms with E-state index < -0.39 is 0 Å². The molecule has 0 atom stereocenters. The number of aliphatic hydroxyl groups is 1. The van der Waals surface area contributed by atoms with Crippen LogP contribution in [0.2, 0.25) is 0 Å². The van der Waals surface area contributed by atoms with Gasteiger partial charge in [-0.1, -0.05) is 17.8 Å². The lowest BCUT2D eigenvalue weighted by Gasteiger charge is -2.05. The molecule has 0 bridgehead atoms. The van der Waals surface area contributed by atoms with Crippen molar-refractivity contribution >= 4 is 11.8 Å². The number of benzene rings is 1. The van der Waals surface area contributed by atoms with Gasteiger partial charge in [0.15, 0.2) is 0 Å². The van der Waals surface area contributed by atoms with Crippen molar-refractivity contribution in [2.75, 3.05) is 6.61 Å². The lowest BCUT2D eigenvalue weighted by Crippen LogP contribution is -2.05. The molecular formula is C11H13FN4OS. The summed E-state index contributed by atoms with van der Waals surface area (Å²) in [6, 6.07) is 4.71. The molecule has 1 heterocycles. The van der Waals surface area contributed by atoms with E-state index in [2.05, 4.69) is 15.5 Å². The maximum atomic E-state index is 13.1. The van der Waals surface area contributed by atoms with Crippen LogP contribution in [-0.4, -0.2) is 31.9 Å². The number of aromatic nitrogens is 4. The standard InChI is InChI=1S/C11H13FN4OS/c1-8-2-3-10(12)6-9(8)7-18-11-13-14-15-16(11)4-5-17/h2-3,6,17H,4-5,7H2,1H3. The Balaban J connectivity index is 2.06. The topological polar surface area (TPSA) is 63.8 Å². The molecule has 96 valence electrons. The quantitative estimate of drug-likeness (QED) is 0.831. The number of nitrogens with zero attached hydrogens (tertiary/aromatic N) is 4. The first kappa shape index (κ1) is 13.0.